The Bertz CT molecular complexity index is 833. The van der Waals surface area contributed by atoms with E-state index in [1.54, 1.807) is 24.0 Å². The first kappa shape index (κ1) is 18.4. The fraction of sp³-hybridized carbons (Fsp3) is 0.316. The predicted molar refractivity (Wildman–Crippen MR) is 100 cm³/mol. The van der Waals surface area contributed by atoms with Crippen molar-refractivity contribution in [2.75, 3.05) is 26.2 Å². The summed E-state index contributed by atoms with van der Waals surface area (Å²) in [7, 11) is 0. The van der Waals surface area contributed by atoms with Crippen LogP contribution >= 0.6 is 11.6 Å². The summed E-state index contributed by atoms with van der Waals surface area (Å²) in [4.78, 5) is 27.6. The summed E-state index contributed by atoms with van der Waals surface area (Å²) >= 11 is 6.02. The second-order valence-electron chi connectivity index (χ2n) is 6.43. The zero-order valence-electron chi connectivity index (χ0n) is 14.5. The van der Waals surface area contributed by atoms with Crippen LogP contribution in [0.1, 0.15) is 21.5 Å². The van der Waals surface area contributed by atoms with Gasteiger partial charge < -0.3 is 4.90 Å². The number of hydrogen-bond acceptors (Lipinski definition) is 4. The summed E-state index contributed by atoms with van der Waals surface area (Å²) in [5, 5.41) is 12.0. The van der Waals surface area contributed by atoms with Gasteiger partial charge in [0.1, 0.15) is 5.56 Å². The molecule has 0 N–H and O–H groups in total. The third-order valence-electron chi connectivity index (χ3n) is 4.61. The molecule has 1 aliphatic rings. The summed E-state index contributed by atoms with van der Waals surface area (Å²) < 4.78 is 0. The molecule has 0 atom stereocenters. The minimum Gasteiger partial charge on any atom is -0.336 e. The molecule has 0 spiro atoms. The molecule has 1 aliphatic heterocycles. The highest BCUT2D eigenvalue weighted by Gasteiger charge is 2.28. The van der Waals surface area contributed by atoms with Crippen molar-refractivity contribution in [3.63, 3.8) is 0 Å². The fourth-order valence-corrected chi connectivity index (χ4v) is 3.46. The summed E-state index contributed by atoms with van der Waals surface area (Å²) in [5.41, 5.74) is 1.70. The number of carbonyl (C=O) groups excluding carboxylic acids is 1. The molecule has 0 unspecified atom stereocenters. The van der Waals surface area contributed by atoms with Crippen LogP contribution in [-0.2, 0) is 6.54 Å². The first-order valence-corrected chi connectivity index (χ1v) is 8.83. The number of para-hydroxylation sites is 1. The van der Waals surface area contributed by atoms with Gasteiger partial charge in [-0.15, -0.1) is 0 Å². The number of aryl methyl sites for hydroxylation is 1. The second kappa shape index (κ2) is 7.85. The lowest BCUT2D eigenvalue weighted by molar-refractivity contribution is -0.385. The third kappa shape index (κ3) is 4.03. The second-order valence-corrected chi connectivity index (χ2v) is 6.86. The van der Waals surface area contributed by atoms with E-state index in [1.165, 1.54) is 6.07 Å². The number of halogens is 1. The molecule has 6 nitrogen and oxygen atoms in total. The molecule has 26 heavy (non-hydrogen) atoms. The van der Waals surface area contributed by atoms with E-state index < -0.39 is 4.92 Å². The molecule has 7 heteroatoms. The number of nitro benzene ring substituents is 1. The van der Waals surface area contributed by atoms with E-state index in [2.05, 4.69) is 4.90 Å². The number of nitro groups is 1. The Morgan fingerprint density at radius 3 is 2.50 bits per heavy atom. The van der Waals surface area contributed by atoms with Crippen LogP contribution in [0.25, 0.3) is 0 Å². The number of rotatable bonds is 4. The number of benzene rings is 2. The number of nitrogens with zero attached hydrogens (tertiary/aromatic N) is 3. The van der Waals surface area contributed by atoms with Gasteiger partial charge >= 0.3 is 0 Å². The van der Waals surface area contributed by atoms with Crippen molar-refractivity contribution in [2.24, 2.45) is 0 Å². The molecule has 0 bridgehead atoms. The molecule has 1 fully saturated rings. The van der Waals surface area contributed by atoms with E-state index in [9.17, 15) is 14.9 Å². The maximum Gasteiger partial charge on any atom is 0.285 e. The van der Waals surface area contributed by atoms with E-state index in [1.807, 2.05) is 24.3 Å². The molecule has 1 amide bonds. The van der Waals surface area contributed by atoms with Gasteiger partial charge in [-0.1, -0.05) is 35.9 Å². The predicted octanol–water partition coefficient (Wildman–Crippen LogP) is 3.51. The Kier molecular flexibility index (Phi) is 5.54. The molecule has 0 saturated carbocycles. The van der Waals surface area contributed by atoms with Crippen LogP contribution in [0.2, 0.25) is 5.02 Å². The van der Waals surface area contributed by atoms with Crippen molar-refractivity contribution in [3.8, 4) is 0 Å². The lowest BCUT2D eigenvalue weighted by Crippen LogP contribution is -2.48. The summed E-state index contributed by atoms with van der Waals surface area (Å²) in [6, 6.07) is 12.6. The quantitative estimate of drug-likeness (QED) is 0.607. The van der Waals surface area contributed by atoms with Gasteiger partial charge in [0.15, 0.2) is 0 Å². The highest BCUT2D eigenvalue weighted by atomic mass is 35.5. The number of amides is 1. The lowest BCUT2D eigenvalue weighted by atomic mass is 10.1. The van der Waals surface area contributed by atoms with Crippen molar-refractivity contribution in [2.45, 2.75) is 13.5 Å². The van der Waals surface area contributed by atoms with Crippen molar-refractivity contribution < 1.29 is 9.72 Å². The monoisotopic (exact) mass is 373 g/mol. The van der Waals surface area contributed by atoms with Gasteiger partial charge in [0, 0.05) is 43.3 Å². The lowest BCUT2D eigenvalue weighted by Gasteiger charge is -2.34. The van der Waals surface area contributed by atoms with E-state index in [0.29, 0.717) is 23.7 Å². The fourth-order valence-electron chi connectivity index (χ4n) is 3.25. The number of piperazine rings is 1. The highest BCUT2D eigenvalue weighted by Crippen LogP contribution is 2.25. The third-order valence-corrected chi connectivity index (χ3v) is 4.84. The van der Waals surface area contributed by atoms with Gasteiger partial charge in [-0.3, -0.25) is 19.8 Å². The molecular weight excluding hydrogens is 354 g/mol. The normalized spacial score (nSPS) is 15.1. The van der Waals surface area contributed by atoms with Crippen LogP contribution in [-0.4, -0.2) is 46.8 Å². The molecule has 3 rings (SSSR count). The molecule has 1 saturated heterocycles. The maximum absolute atomic E-state index is 12.8. The minimum atomic E-state index is -0.474. The van der Waals surface area contributed by atoms with Gasteiger partial charge in [0.25, 0.3) is 11.6 Å². The van der Waals surface area contributed by atoms with E-state index in [4.69, 9.17) is 11.6 Å². The SMILES string of the molecule is Cc1cccc(C(=O)N2CCN(Cc3cccc(Cl)c3)CC2)c1[N+](=O)[O-]. The molecular formula is C19H20ClN3O3. The van der Waals surface area contributed by atoms with Crippen LogP contribution in [0.15, 0.2) is 42.5 Å². The Morgan fingerprint density at radius 2 is 1.85 bits per heavy atom. The highest BCUT2D eigenvalue weighted by molar-refractivity contribution is 6.30. The zero-order valence-corrected chi connectivity index (χ0v) is 15.3. The first-order valence-electron chi connectivity index (χ1n) is 8.46. The standard InChI is InChI=1S/C19H20ClN3O3/c1-14-4-2-7-17(18(14)23(25)26)19(24)22-10-8-21(9-11-22)13-15-5-3-6-16(20)12-15/h2-7,12H,8-11,13H2,1H3. The minimum absolute atomic E-state index is 0.0983. The maximum atomic E-state index is 12.8. The van der Waals surface area contributed by atoms with Crippen molar-refractivity contribution >= 4 is 23.2 Å². The Balaban J connectivity index is 1.66. The number of hydrogen-bond donors (Lipinski definition) is 0. The smallest absolute Gasteiger partial charge is 0.285 e. The zero-order chi connectivity index (χ0) is 18.7. The van der Waals surface area contributed by atoms with Crippen molar-refractivity contribution in [1.29, 1.82) is 0 Å². The van der Waals surface area contributed by atoms with Crippen molar-refractivity contribution in [3.05, 3.63) is 74.3 Å². The average molecular weight is 374 g/mol. The van der Waals surface area contributed by atoms with E-state index >= 15 is 0 Å². The molecule has 136 valence electrons. The largest absolute Gasteiger partial charge is 0.336 e. The molecule has 2 aromatic carbocycles. The summed E-state index contributed by atoms with van der Waals surface area (Å²) in [6.45, 7) is 4.95. The Labute approximate surface area is 157 Å². The van der Waals surface area contributed by atoms with Gasteiger partial charge in [-0.25, -0.2) is 0 Å². The molecule has 2 aromatic rings. The summed E-state index contributed by atoms with van der Waals surface area (Å²) in [5.74, 6) is -0.275. The van der Waals surface area contributed by atoms with Crippen LogP contribution in [0.4, 0.5) is 5.69 Å². The Hall–Kier alpha value is -2.44. The van der Waals surface area contributed by atoms with E-state index in [-0.39, 0.29) is 17.2 Å². The van der Waals surface area contributed by atoms with Crippen LogP contribution < -0.4 is 0 Å². The molecule has 0 aromatic heterocycles. The molecule has 1 heterocycles. The van der Waals surface area contributed by atoms with Crippen LogP contribution in [0.5, 0.6) is 0 Å². The van der Waals surface area contributed by atoms with Crippen molar-refractivity contribution in [1.82, 2.24) is 9.80 Å². The van der Waals surface area contributed by atoms with E-state index in [0.717, 1.165) is 25.2 Å². The average Bonchev–Trinajstić information content (AvgIpc) is 2.61. The molecule has 0 aliphatic carbocycles. The van der Waals surface area contributed by atoms with Gasteiger partial charge in [0.2, 0.25) is 0 Å². The van der Waals surface area contributed by atoms with Gasteiger partial charge in [-0.2, -0.15) is 0 Å². The van der Waals surface area contributed by atoms with Gasteiger partial charge in [0.05, 0.1) is 4.92 Å². The topological polar surface area (TPSA) is 66.7 Å². The van der Waals surface area contributed by atoms with Gasteiger partial charge in [-0.05, 0) is 30.7 Å². The van der Waals surface area contributed by atoms with Crippen LogP contribution in [0.3, 0.4) is 0 Å². The Morgan fingerprint density at radius 1 is 1.15 bits per heavy atom. The van der Waals surface area contributed by atoms with Crippen LogP contribution in [0, 0.1) is 17.0 Å². The first-order chi connectivity index (χ1) is 12.5. The number of carbonyl (C=O) groups is 1. The summed E-state index contributed by atoms with van der Waals surface area (Å²) in [6.07, 6.45) is 0. The molecule has 0 radical (unpaired) electrons.